The summed E-state index contributed by atoms with van der Waals surface area (Å²) in [5.74, 6) is -0.394. The van der Waals surface area contributed by atoms with Crippen molar-refractivity contribution in [1.82, 2.24) is 0 Å². The molecule has 0 radical (unpaired) electrons. The zero-order valence-electron chi connectivity index (χ0n) is 7.17. The minimum Gasteiger partial charge on any atom is -0.741 e. The molecule has 0 aliphatic carbocycles. The van der Waals surface area contributed by atoms with Crippen LogP contribution in [0.4, 0.5) is 13.2 Å². The van der Waals surface area contributed by atoms with Crippen LogP contribution in [0.5, 0.6) is 0 Å². The van der Waals surface area contributed by atoms with Crippen LogP contribution in [0.25, 0.3) is 0 Å². The number of methoxy groups -OCH3 is 1. The summed E-state index contributed by atoms with van der Waals surface area (Å²) in [6.45, 7) is 3.16. The summed E-state index contributed by atoms with van der Waals surface area (Å²) in [4.78, 5) is 9.84. The van der Waals surface area contributed by atoms with Crippen LogP contribution in [-0.2, 0) is 42.0 Å². The van der Waals surface area contributed by atoms with Crippen molar-refractivity contribution in [3.05, 3.63) is 12.7 Å². The van der Waals surface area contributed by atoms with E-state index in [0.717, 1.165) is 6.08 Å². The van der Waals surface area contributed by atoms with E-state index in [1.165, 1.54) is 7.11 Å². The first-order chi connectivity index (χ1) is 6.06. The summed E-state index contributed by atoms with van der Waals surface area (Å²) in [5.41, 5.74) is -5.65. The molecule has 0 spiro atoms. The standard InChI is InChI=1S/C4H6O2.CHF3O3S.Ag/c1-3-4(5)6-2;2-1(3,4)8(5,6)7;/h3H,1H2,2H3;(H,5,6,7);/q;;+1/p-1. The van der Waals surface area contributed by atoms with Gasteiger partial charge in [-0.3, -0.25) is 0 Å². The molecule has 0 saturated heterocycles. The van der Waals surface area contributed by atoms with Crippen molar-refractivity contribution >= 4 is 16.1 Å². The molecule has 0 aromatic carbocycles. The first-order valence-electron chi connectivity index (χ1n) is 2.78. The summed E-state index contributed by atoms with van der Waals surface area (Å²) in [5, 5.41) is 0. The van der Waals surface area contributed by atoms with Crippen LogP contribution in [0.3, 0.4) is 0 Å². The van der Waals surface area contributed by atoms with Crippen molar-refractivity contribution in [2.24, 2.45) is 0 Å². The maximum absolute atomic E-state index is 10.7. The molecule has 10 heteroatoms. The van der Waals surface area contributed by atoms with E-state index < -0.39 is 21.6 Å². The number of hydrogen-bond acceptors (Lipinski definition) is 5. The van der Waals surface area contributed by atoms with Crippen LogP contribution in [0.1, 0.15) is 0 Å². The summed E-state index contributed by atoms with van der Waals surface area (Å²) < 4.78 is 63.0. The van der Waals surface area contributed by atoms with Gasteiger partial charge in [0, 0.05) is 6.08 Å². The van der Waals surface area contributed by atoms with Gasteiger partial charge >= 0.3 is 33.9 Å². The van der Waals surface area contributed by atoms with Crippen LogP contribution in [0.15, 0.2) is 12.7 Å². The first-order valence-corrected chi connectivity index (χ1v) is 4.19. The Kier molecular flexibility index (Phi) is 10.6. The molecule has 0 aliphatic heterocycles. The van der Waals surface area contributed by atoms with Crippen molar-refractivity contribution in [2.45, 2.75) is 5.51 Å². The molecular formula is C5H6AgF3O5S. The number of hydrogen-bond donors (Lipinski definition) is 0. The van der Waals surface area contributed by atoms with Gasteiger partial charge in [-0.1, -0.05) is 6.58 Å². The van der Waals surface area contributed by atoms with Gasteiger partial charge in [0.15, 0.2) is 10.1 Å². The third-order valence-electron chi connectivity index (χ3n) is 0.651. The van der Waals surface area contributed by atoms with Gasteiger partial charge in [-0.05, 0) is 0 Å². The molecule has 15 heavy (non-hydrogen) atoms. The molecule has 0 amide bonds. The second kappa shape index (κ2) is 7.88. The number of halogens is 3. The first kappa shape index (κ1) is 20.1. The Labute approximate surface area is 99.5 Å². The predicted octanol–water partition coefficient (Wildman–Crippen LogP) is 0.394. The van der Waals surface area contributed by atoms with Crippen LogP contribution in [-0.4, -0.2) is 31.6 Å². The Morgan fingerprint density at radius 3 is 1.73 bits per heavy atom. The van der Waals surface area contributed by atoms with Crippen molar-refractivity contribution in [3.8, 4) is 0 Å². The molecule has 0 unspecified atom stereocenters. The number of carbonyl (C=O) groups is 1. The molecule has 0 heterocycles. The van der Waals surface area contributed by atoms with Gasteiger partial charge in [-0.15, -0.1) is 0 Å². The van der Waals surface area contributed by atoms with Crippen molar-refractivity contribution in [3.63, 3.8) is 0 Å². The van der Waals surface area contributed by atoms with E-state index >= 15 is 0 Å². The summed E-state index contributed by atoms with van der Waals surface area (Å²) >= 11 is 0. The average molecular weight is 343 g/mol. The average Bonchev–Trinajstić information content (AvgIpc) is 2.00. The van der Waals surface area contributed by atoms with Gasteiger partial charge < -0.3 is 9.29 Å². The van der Waals surface area contributed by atoms with Gasteiger partial charge in [0.05, 0.1) is 7.11 Å². The van der Waals surface area contributed by atoms with E-state index in [4.69, 9.17) is 13.0 Å². The van der Waals surface area contributed by atoms with Crippen molar-refractivity contribution < 1.29 is 58.1 Å². The molecule has 94 valence electrons. The fraction of sp³-hybridized carbons (Fsp3) is 0.400. The Morgan fingerprint density at radius 2 is 1.73 bits per heavy atom. The number of esters is 1. The number of ether oxygens (including phenoxy) is 1. The SMILES string of the molecule is C=CC(=O)OC.O=S(=O)([O-])C(F)(F)F.[Ag+]. The van der Waals surface area contributed by atoms with Gasteiger partial charge in [0.2, 0.25) is 0 Å². The summed E-state index contributed by atoms with van der Waals surface area (Å²) in [6.07, 6.45) is 1.11. The van der Waals surface area contributed by atoms with Gasteiger partial charge in [0.25, 0.3) is 0 Å². The molecule has 0 aliphatic rings. The van der Waals surface area contributed by atoms with Crippen LogP contribution < -0.4 is 0 Å². The molecule has 0 aromatic rings. The fourth-order valence-corrected chi connectivity index (χ4v) is 0.0833. The van der Waals surface area contributed by atoms with Gasteiger partial charge in [0.1, 0.15) is 0 Å². The van der Waals surface area contributed by atoms with Crippen LogP contribution in [0, 0.1) is 0 Å². The molecular weight excluding hydrogens is 337 g/mol. The molecule has 0 saturated carbocycles. The topological polar surface area (TPSA) is 83.5 Å². The third-order valence-corrected chi connectivity index (χ3v) is 1.22. The quantitative estimate of drug-likeness (QED) is 0.226. The zero-order chi connectivity index (χ0) is 12.0. The fourth-order valence-electron chi connectivity index (χ4n) is 0.0833. The maximum atomic E-state index is 10.7. The molecule has 0 atom stereocenters. The number of carbonyl (C=O) groups excluding carboxylic acids is 1. The van der Waals surface area contributed by atoms with Crippen molar-refractivity contribution in [1.29, 1.82) is 0 Å². The van der Waals surface area contributed by atoms with E-state index in [0.29, 0.717) is 0 Å². The van der Waals surface area contributed by atoms with E-state index in [2.05, 4.69) is 11.3 Å². The Morgan fingerprint density at radius 1 is 1.47 bits per heavy atom. The maximum Gasteiger partial charge on any atom is 1.00 e. The zero-order valence-corrected chi connectivity index (χ0v) is 9.47. The Balaban J connectivity index is -0.000000187. The minimum absolute atomic E-state index is 0. The van der Waals surface area contributed by atoms with E-state index in [1.54, 1.807) is 0 Å². The Hall–Kier alpha value is -0.350. The normalized spacial score (nSPS) is 10.2. The predicted molar refractivity (Wildman–Crippen MR) is 38.0 cm³/mol. The molecule has 0 fully saturated rings. The van der Waals surface area contributed by atoms with Gasteiger partial charge in [-0.2, -0.15) is 13.2 Å². The van der Waals surface area contributed by atoms with Crippen LogP contribution >= 0.6 is 0 Å². The number of rotatable bonds is 1. The number of alkyl halides is 3. The van der Waals surface area contributed by atoms with E-state index in [9.17, 15) is 18.0 Å². The minimum atomic E-state index is -6.09. The summed E-state index contributed by atoms with van der Waals surface area (Å²) in [6, 6.07) is 0. The molecule has 5 nitrogen and oxygen atoms in total. The van der Waals surface area contributed by atoms with Crippen molar-refractivity contribution in [2.75, 3.05) is 7.11 Å². The van der Waals surface area contributed by atoms with Crippen LogP contribution in [0.2, 0.25) is 0 Å². The molecule has 0 N–H and O–H groups in total. The molecule has 0 bridgehead atoms. The molecule has 0 aromatic heterocycles. The third kappa shape index (κ3) is 11.6. The second-order valence-corrected chi connectivity index (χ2v) is 3.00. The largest absolute Gasteiger partial charge is 1.00 e. The molecule has 0 rings (SSSR count). The van der Waals surface area contributed by atoms with Gasteiger partial charge in [-0.25, -0.2) is 13.2 Å². The summed E-state index contributed by atoms with van der Waals surface area (Å²) in [7, 11) is -4.78. The van der Waals surface area contributed by atoms with E-state index in [-0.39, 0.29) is 22.4 Å². The Bertz CT molecular complexity index is 296. The monoisotopic (exact) mass is 342 g/mol. The van der Waals surface area contributed by atoms with E-state index in [1.807, 2.05) is 0 Å². The second-order valence-electron chi connectivity index (χ2n) is 1.63. The smallest absolute Gasteiger partial charge is 0.741 e.